The van der Waals surface area contributed by atoms with E-state index in [-0.39, 0.29) is 28.1 Å². The number of hydrogen-bond acceptors (Lipinski definition) is 4. The van der Waals surface area contributed by atoms with E-state index < -0.39 is 35.6 Å². The number of nitrogens with zero attached hydrogens (tertiary/aromatic N) is 2. The van der Waals surface area contributed by atoms with Gasteiger partial charge in [-0.2, -0.15) is 26.3 Å². The topological polar surface area (TPSA) is 87.1 Å². The van der Waals surface area contributed by atoms with Crippen molar-refractivity contribution in [3.63, 3.8) is 0 Å². The van der Waals surface area contributed by atoms with Crippen molar-refractivity contribution in [2.24, 2.45) is 0 Å². The zero-order valence-corrected chi connectivity index (χ0v) is 15.4. The number of halogens is 8. The van der Waals surface area contributed by atoms with Crippen molar-refractivity contribution in [1.82, 2.24) is 15.3 Å². The number of alkyl halides is 6. The molecular weight excluding hydrogens is 453 g/mol. The monoisotopic (exact) mass is 462 g/mol. The van der Waals surface area contributed by atoms with Gasteiger partial charge in [0.25, 0.3) is 0 Å². The average molecular weight is 463 g/mol. The number of carbonyl (C=O) groups is 1. The summed E-state index contributed by atoms with van der Waals surface area (Å²) < 4.78 is 75.0. The van der Waals surface area contributed by atoms with Gasteiger partial charge in [0.2, 0.25) is 0 Å². The highest BCUT2D eigenvalue weighted by atomic mass is 35.5. The lowest BCUT2D eigenvalue weighted by molar-refractivity contribution is -0.206. The van der Waals surface area contributed by atoms with Crippen LogP contribution in [0, 0.1) is 0 Å². The number of hydrogen-bond donors (Lipinski definition) is 3. The Bertz CT molecular complexity index is 867. The second kappa shape index (κ2) is 8.59. The Balaban J connectivity index is 2.04. The van der Waals surface area contributed by atoms with Crippen molar-refractivity contribution >= 4 is 34.9 Å². The molecular formula is C15H10Cl2F6N4O2. The van der Waals surface area contributed by atoms with Gasteiger partial charge in [0.1, 0.15) is 5.82 Å². The van der Waals surface area contributed by atoms with Crippen LogP contribution >= 0.6 is 23.2 Å². The highest BCUT2D eigenvalue weighted by Gasteiger charge is 2.40. The normalized spacial score (nSPS) is 13.1. The Morgan fingerprint density at radius 3 is 2.03 bits per heavy atom. The maximum atomic E-state index is 12.6. The van der Waals surface area contributed by atoms with Gasteiger partial charge in [-0.1, -0.05) is 23.2 Å². The van der Waals surface area contributed by atoms with E-state index in [4.69, 9.17) is 23.2 Å². The zero-order valence-electron chi connectivity index (χ0n) is 13.9. The van der Waals surface area contributed by atoms with Crippen molar-refractivity contribution in [2.75, 3.05) is 5.32 Å². The van der Waals surface area contributed by atoms with Crippen LogP contribution < -0.4 is 10.6 Å². The van der Waals surface area contributed by atoms with Crippen molar-refractivity contribution in [3.8, 4) is 0 Å². The molecule has 0 bridgehead atoms. The number of carbonyl (C=O) groups excluding carboxylic acids is 1. The van der Waals surface area contributed by atoms with Gasteiger partial charge in [-0.25, -0.2) is 14.8 Å². The Labute approximate surface area is 168 Å². The van der Waals surface area contributed by atoms with E-state index in [2.05, 4.69) is 20.6 Å². The van der Waals surface area contributed by atoms with Crippen LogP contribution in [0.4, 0.5) is 36.8 Å². The molecule has 0 aliphatic heterocycles. The van der Waals surface area contributed by atoms with Crippen LogP contribution in [0.3, 0.4) is 0 Å². The molecule has 2 rings (SSSR count). The fraction of sp³-hybridized carbons (Fsp3) is 0.267. The minimum atomic E-state index is -4.94. The Morgan fingerprint density at radius 2 is 1.59 bits per heavy atom. The van der Waals surface area contributed by atoms with Gasteiger partial charge in [-0.15, -0.1) is 0 Å². The van der Waals surface area contributed by atoms with E-state index in [1.807, 2.05) is 0 Å². The molecule has 0 saturated carbocycles. The van der Waals surface area contributed by atoms with Gasteiger partial charge in [0, 0.05) is 12.4 Å². The lowest BCUT2D eigenvalue weighted by Crippen LogP contribution is -2.29. The Morgan fingerprint density at radius 1 is 1.07 bits per heavy atom. The van der Waals surface area contributed by atoms with Gasteiger partial charge in [0.15, 0.2) is 6.10 Å². The molecule has 2 aromatic rings. The smallest absolute Gasteiger partial charge is 0.379 e. The highest BCUT2D eigenvalue weighted by Crippen LogP contribution is 2.38. The molecule has 158 valence electrons. The minimum absolute atomic E-state index is 0.131. The lowest BCUT2D eigenvalue weighted by atomic mass is 10.1. The molecule has 1 heterocycles. The molecule has 0 aliphatic rings. The highest BCUT2D eigenvalue weighted by molar-refractivity contribution is 6.39. The average Bonchev–Trinajstić information content (AvgIpc) is 2.61. The van der Waals surface area contributed by atoms with Gasteiger partial charge in [-0.3, -0.25) is 0 Å². The number of urea groups is 1. The number of aromatic nitrogens is 2. The molecule has 0 radical (unpaired) electrons. The first-order chi connectivity index (χ1) is 13.3. The second-order valence-corrected chi connectivity index (χ2v) is 6.31. The van der Waals surface area contributed by atoms with Crippen LogP contribution in [0.15, 0.2) is 24.5 Å². The molecule has 0 fully saturated rings. The predicted octanol–water partition coefficient (Wildman–Crippen LogP) is 4.72. The van der Waals surface area contributed by atoms with Gasteiger partial charge >= 0.3 is 18.4 Å². The molecule has 29 heavy (non-hydrogen) atoms. The summed E-state index contributed by atoms with van der Waals surface area (Å²) in [6.45, 7) is -0.357. The third kappa shape index (κ3) is 6.08. The predicted molar refractivity (Wildman–Crippen MR) is 90.4 cm³/mol. The van der Waals surface area contributed by atoms with Crippen molar-refractivity contribution in [3.05, 3.63) is 51.5 Å². The zero-order chi connectivity index (χ0) is 22.0. The standard InChI is InChI=1S/C15H10Cl2F6N4O2/c16-8-1-6(12(28)15(21,22)23)2-9(17)11(8)27-13(29)26-5-10-24-3-7(4-25-10)14(18,19)20/h1-4,12,28H,5H2,(H2,26,27,29)/t12-/m0/s1. The molecule has 0 saturated heterocycles. The van der Waals surface area contributed by atoms with Gasteiger partial charge < -0.3 is 15.7 Å². The third-order valence-corrected chi connectivity index (χ3v) is 3.96. The third-order valence-electron chi connectivity index (χ3n) is 3.37. The number of aliphatic hydroxyl groups excluding tert-OH is 1. The van der Waals surface area contributed by atoms with Crippen LogP contribution in [0.2, 0.25) is 10.0 Å². The van der Waals surface area contributed by atoms with E-state index in [9.17, 15) is 36.2 Å². The van der Waals surface area contributed by atoms with Crippen LogP contribution in [0.1, 0.15) is 23.1 Å². The summed E-state index contributed by atoms with van der Waals surface area (Å²) in [5, 5.41) is 12.9. The fourth-order valence-corrected chi connectivity index (χ4v) is 2.57. The van der Waals surface area contributed by atoms with Gasteiger partial charge in [0.05, 0.1) is 27.8 Å². The van der Waals surface area contributed by atoms with E-state index in [0.29, 0.717) is 12.4 Å². The number of rotatable bonds is 4. The Hall–Kier alpha value is -2.31. The summed E-state index contributed by atoms with van der Waals surface area (Å²) >= 11 is 11.6. The number of aliphatic hydroxyl groups is 1. The van der Waals surface area contributed by atoms with Crippen molar-refractivity contribution in [1.29, 1.82) is 0 Å². The van der Waals surface area contributed by atoms with E-state index in [0.717, 1.165) is 12.1 Å². The number of benzene rings is 1. The molecule has 0 aliphatic carbocycles. The molecule has 0 unspecified atom stereocenters. The summed E-state index contributed by atoms with van der Waals surface area (Å²) in [6.07, 6.45) is -11.3. The molecule has 3 N–H and O–H groups in total. The molecule has 14 heteroatoms. The summed E-state index contributed by atoms with van der Waals surface area (Å²) in [5.41, 5.74) is -1.93. The molecule has 1 aromatic heterocycles. The number of nitrogens with one attached hydrogen (secondary N) is 2. The number of anilines is 1. The first-order valence-corrected chi connectivity index (χ1v) is 8.21. The summed E-state index contributed by atoms with van der Waals surface area (Å²) in [4.78, 5) is 18.8. The van der Waals surface area contributed by atoms with Crippen LogP contribution in [0.5, 0.6) is 0 Å². The SMILES string of the molecule is O=C(NCc1ncc(C(F)(F)F)cn1)Nc1c(Cl)cc([C@H](O)C(F)(F)F)cc1Cl. The molecule has 6 nitrogen and oxygen atoms in total. The van der Waals surface area contributed by atoms with Crippen LogP contribution in [-0.2, 0) is 12.7 Å². The van der Waals surface area contributed by atoms with Crippen LogP contribution in [-0.4, -0.2) is 27.3 Å². The van der Waals surface area contributed by atoms with E-state index in [1.54, 1.807) is 0 Å². The van der Waals surface area contributed by atoms with Crippen molar-refractivity contribution < 1.29 is 36.2 Å². The number of amides is 2. The van der Waals surface area contributed by atoms with E-state index in [1.165, 1.54) is 0 Å². The van der Waals surface area contributed by atoms with Crippen LogP contribution in [0.25, 0.3) is 0 Å². The molecule has 2 amide bonds. The quantitative estimate of drug-likeness (QED) is 0.573. The lowest BCUT2D eigenvalue weighted by Gasteiger charge is -2.17. The first-order valence-electron chi connectivity index (χ1n) is 7.45. The van der Waals surface area contributed by atoms with Gasteiger partial charge in [-0.05, 0) is 17.7 Å². The minimum Gasteiger partial charge on any atom is -0.379 e. The molecule has 1 aromatic carbocycles. The van der Waals surface area contributed by atoms with E-state index >= 15 is 0 Å². The first kappa shape index (κ1) is 23.0. The fourth-order valence-electron chi connectivity index (χ4n) is 1.97. The molecule has 0 spiro atoms. The maximum absolute atomic E-state index is 12.6. The maximum Gasteiger partial charge on any atom is 0.419 e. The molecule has 1 atom stereocenters. The second-order valence-electron chi connectivity index (χ2n) is 5.50. The van der Waals surface area contributed by atoms with Crippen molar-refractivity contribution in [2.45, 2.75) is 25.0 Å². The summed E-state index contributed by atoms with van der Waals surface area (Å²) in [7, 11) is 0. The largest absolute Gasteiger partial charge is 0.419 e. The summed E-state index contributed by atoms with van der Waals surface area (Å²) in [6, 6.07) is 0.627. The summed E-state index contributed by atoms with van der Waals surface area (Å²) in [5.74, 6) is -0.131. The Kier molecular flexibility index (Phi) is 6.81.